The first kappa shape index (κ1) is 20.0. The molecule has 1 heterocycles. The lowest BCUT2D eigenvalue weighted by Crippen LogP contribution is -2.39. The maximum Gasteiger partial charge on any atom is 0.325 e. The number of hydrogen-bond donors (Lipinski definition) is 1. The van der Waals surface area contributed by atoms with Gasteiger partial charge in [-0.1, -0.05) is 0 Å². The van der Waals surface area contributed by atoms with E-state index >= 15 is 0 Å². The summed E-state index contributed by atoms with van der Waals surface area (Å²) in [6.45, 7) is 1.21. The number of aromatic nitrogens is 2. The Hall–Kier alpha value is -3.36. The Labute approximate surface area is 155 Å². The van der Waals surface area contributed by atoms with Crippen LogP contribution in [0, 0.1) is 0 Å². The van der Waals surface area contributed by atoms with E-state index in [0.717, 1.165) is 4.68 Å². The van der Waals surface area contributed by atoms with E-state index < -0.39 is 23.5 Å². The minimum atomic E-state index is -0.940. The highest BCUT2D eigenvalue weighted by atomic mass is 16.5. The minimum absolute atomic E-state index is 0.281. The van der Waals surface area contributed by atoms with Crippen LogP contribution in [0.4, 0.5) is 0 Å². The number of ether oxygens (including phenoxy) is 3. The number of benzene rings is 1. The highest BCUT2D eigenvalue weighted by Crippen LogP contribution is 2.28. The summed E-state index contributed by atoms with van der Waals surface area (Å²) in [5.41, 5.74) is 0.570. The van der Waals surface area contributed by atoms with Gasteiger partial charge < -0.3 is 19.5 Å². The van der Waals surface area contributed by atoms with E-state index in [2.05, 4.69) is 15.2 Å². The van der Waals surface area contributed by atoms with E-state index in [4.69, 9.17) is 9.47 Å². The molecule has 144 valence electrons. The van der Waals surface area contributed by atoms with Crippen LogP contribution in [0.25, 0.3) is 11.3 Å². The molecule has 0 fully saturated rings. The van der Waals surface area contributed by atoms with Crippen molar-refractivity contribution in [2.24, 2.45) is 0 Å². The van der Waals surface area contributed by atoms with Crippen LogP contribution >= 0.6 is 0 Å². The van der Waals surface area contributed by atoms with Crippen LogP contribution in [-0.2, 0) is 14.3 Å². The van der Waals surface area contributed by atoms with Crippen molar-refractivity contribution >= 4 is 11.9 Å². The number of hydrogen-bond acceptors (Lipinski definition) is 7. The molecule has 2 rings (SSSR count). The maximum atomic E-state index is 12.4. The lowest BCUT2D eigenvalue weighted by molar-refractivity contribution is -0.141. The van der Waals surface area contributed by atoms with Gasteiger partial charge in [0.25, 0.3) is 5.56 Å². The Balaban J connectivity index is 2.38. The second-order valence-electron chi connectivity index (χ2n) is 5.54. The number of methoxy groups -OCH3 is 3. The van der Waals surface area contributed by atoms with Crippen LogP contribution in [0.15, 0.2) is 35.1 Å². The number of amides is 1. The van der Waals surface area contributed by atoms with Gasteiger partial charge >= 0.3 is 5.97 Å². The summed E-state index contributed by atoms with van der Waals surface area (Å²) >= 11 is 0. The molecule has 0 bridgehead atoms. The summed E-state index contributed by atoms with van der Waals surface area (Å²) in [6.07, 6.45) is 0. The topological polar surface area (TPSA) is 109 Å². The van der Waals surface area contributed by atoms with Crippen LogP contribution in [0.3, 0.4) is 0 Å². The monoisotopic (exact) mass is 375 g/mol. The average Bonchev–Trinajstić information content (AvgIpc) is 2.70. The predicted octanol–water partition coefficient (Wildman–Crippen LogP) is 0.778. The van der Waals surface area contributed by atoms with Crippen LogP contribution in [0.1, 0.15) is 13.0 Å². The Kier molecular flexibility index (Phi) is 6.53. The zero-order chi connectivity index (χ0) is 20.0. The number of esters is 1. The molecule has 2 aromatic rings. The van der Waals surface area contributed by atoms with E-state index in [1.54, 1.807) is 31.4 Å². The van der Waals surface area contributed by atoms with Gasteiger partial charge in [-0.3, -0.25) is 14.4 Å². The Morgan fingerprint density at radius 3 is 2.37 bits per heavy atom. The van der Waals surface area contributed by atoms with E-state index in [-0.39, 0.29) is 12.3 Å². The normalized spacial score (nSPS) is 11.4. The first-order chi connectivity index (χ1) is 12.9. The van der Waals surface area contributed by atoms with Crippen molar-refractivity contribution in [2.45, 2.75) is 13.0 Å². The number of nitrogens with zero attached hydrogens (tertiary/aromatic N) is 2. The molecular weight excluding hydrogens is 354 g/mol. The minimum Gasteiger partial charge on any atom is -0.497 e. The van der Waals surface area contributed by atoms with E-state index in [1.807, 2.05) is 0 Å². The second-order valence-corrected chi connectivity index (χ2v) is 5.54. The molecule has 9 heteroatoms. The molecule has 0 aliphatic heterocycles. The molecule has 0 aliphatic rings. The molecule has 27 heavy (non-hydrogen) atoms. The van der Waals surface area contributed by atoms with Crippen LogP contribution < -0.4 is 20.3 Å². The molecule has 0 spiro atoms. The van der Waals surface area contributed by atoms with Gasteiger partial charge in [-0.05, 0) is 31.2 Å². The van der Waals surface area contributed by atoms with Gasteiger partial charge in [0.2, 0.25) is 5.91 Å². The largest absolute Gasteiger partial charge is 0.497 e. The smallest absolute Gasteiger partial charge is 0.325 e. The molecule has 1 N–H and O–H groups in total. The van der Waals surface area contributed by atoms with Gasteiger partial charge in [-0.15, -0.1) is 0 Å². The molecular formula is C18H21N3O6. The number of nitrogens with one attached hydrogen (secondary N) is 1. The van der Waals surface area contributed by atoms with Crippen LogP contribution in [-0.4, -0.2) is 49.5 Å². The van der Waals surface area contributed by atoms with E-state index in [0.29, 0.717) is 17.0 Å². The second kappa shape index (κ2) is 8.84. The van der Waals surface area contributed by atoms with Gasteiger partial charge in [0.15, 0.2) is 5.75 Å². The highest BCUT2D eigenvalue weighted by molar-refractivity contribution is 5.84. The van der Waals surface area contributed by atoms with Gasteiger partial charge in [-0.2, -0.15) is 5.10 Å². The fraction of sp³-hybridized carbons (Fsp3) is 0.333. The summed E-state index contributed by atoms with van der Waals surface area (Å²) < 4.78 is 15.9. The first-order valence-corrected chi connectivity index (χ1v) is 8.08. The van der Waals surface area contributed by atoms with Crippen molar-refractivity contribution in [2.75, 3.05) is 27.9 Å². The van der Waals surface area contributed by atoms with Crippen molar-refractivity contribution in [1.29, 1.82) is 0 Å². The van der Waals surface area contributed by atoms with Gasteiger partial charge in [0, 0.05) is 11.6 Å². The SMILES string of the molecule is COC(=O)CNC(=O)C(C)n1nc(-c2ccc(OC)cc2)c(OC)cc1=O. The number of carbonyl (C=O) groups is 2. The third-order valence-corrected chi connectivity index (χ3v) is 3.89. The van der Waals surface area contributed by atoms with Crippen molar-refractivity contribution in [3.8, 4) is 22.8 Å². The zero-order valence-electron chi connectivity index (χ0n) is 15.5. The average molecular weight is 375 g/mol. The van der Waals surface area contributed by atoms with Crippen molar-refractivity contribution in [1.82, 2.24) is 15.1 Å². The van der Waals surface area contributed by atoms with E-state index in [9.17, 15) is 14.4 Å². The summed E-state index contributed by atoms with van der Waals surface area (Å²) in [4.78, 5) is 35.8. The standard InChI is InChI=1S/C18H21N3O6/c1-11(18(24)19-10-16(23)27-4)21-15(22)9-14(26-3)17(20-21)12-5-7-13(25-2)8-6-12/h5-9,11H,10H2,1-4H3,(H,19,24). The Morgan fingerprint density at radius 2 is 1.81 bits per heavy atom. The molecule has 1 amide bonds. The summed E-state index contributed by atoms with van der Waals surface area (Å²) in [5, 5.41) is 6.70. The molecule has 0 radical (unpaired) electrons. The van der Waals surface area contributed by atoms with Crippen LogP contribution in [0.2, 0.25) is 0 Å². The third kappa shape index (κ3) is 4.63. The summed E-state index contributed by atoms with van der Waals surface area (Å²) in [5.74, 6) is -0.185. The van der Waals surface area contributed by atoms with Gasteiger partial charge in [0.05, 0.1) is 21.3 Å². The number of carbonyl (C=O) groups excluding carboxylic acids is 2. The number of rotatable bonds is 7. The first-order valence-electron chi connectivity index (χ1n) is 8.08. The van der Waals surface area contributed by atoms with Crippen molar-refractivity contribution < 1.29 is 23.8 Å². The van der Waals surface area contributed by atoms with Gasteiger partial charge in [0.1, 0.15) is 24.0 Å². The lowest BCUT2D eigenvalue weighted by atomic mass is 10.1. The molecule has 0 saturated carbocycles. The third-order valence-electron chi connectivity index (χ3n) is 3.89. The molecule has 9 nitrogen and oxygen atoms in total. The maximum absolute atomic E-state index is 12.4. The summed E-state index contributed by atoms with van der Waals surface area (Å²) in [7, 11) is 4.21. The van der Waals surface area contributed by atoms with E-state index in [1.165, 1.54) is 27.2 Å². The predicted molar refractivity (Wildman–Crippen MR) is 96.8 cm³/mol. The molecule has 0 saturated heterocycles. The van der Waals surface area contributed by atoms with Crippen molar-refractivity contribution in [3.63, 3.8) is 0 Å². The van der Waals surface area contributed by atoms with Crippen LogP contribution in [0.5, 0.6) is 11.5 Å². The van der Waals surface area contributed by atoms with Gasteiger partial charge in [-0.25, -0.2) is 4.68 Å². The molecule has 0 aliphatic carbocycles. The molecule has 1 aromatic carbocycles. The lowest BCUT2D eigenvalue weighted by Gasteiger charge is -2.16. The Morgan fingerprint density at radius 1 is 1.15 bits per heavy atom. The zero-order valence-corrected chi connectivity index (χ0v) is 15.5. The highest BCUT2D eigenvalue weighted by Gasteiger charge is 2.21. The molecule has 1 atom stereocenters. The Bertz CT molecular complexity index is 876. The fourth-order valence-electron chi connectivity index (χ4n) is 2.33. The molecule has 1 aromatic heterocycles. The molecule has 1 unspecified atom stereocenters. The fourth-order valence-corrected chi connectivity index (χ4v) is 2.33. The van der Waals surface area contributed by atoms with Crippen molar-refractivity contribution in [3.05, 3.63) is 40.7 Å². The quantitative estimate of drug-likeness (QED) is 0.712. The summed E-state index contributed by atoms with van der Waals surface area (Å²) in [6, 6.07) is 7.35.